The lowest BCUT2D eigenvalue weighted by Gasteiger charge is -2.14. The summed E-state index contributed by atoms with van der Waals surface area (Å²) in [5.41, 5.74) is 6.55. The van der Waals surface area contributed by atoms with Gasteiger partial charge in [0, 0.05) is 4.88 Å². The van der Waals surface area contributed by atoms with E-state index in [9.17, 15) is 5.11 Å². The van der Waals surface area contributed by atoms with Crippen molar-refractivity contribution in [3.05, 3.63) is 21.9 Å². The van der Waals surface area contributed by atoms with Crippen LogP contribution in [0.25, 0.3) is 0 Å². The van der Waals surface area contributed by atoms with Crippen molar-refractivity contribution >= 4 is 11.3 Å². The quantitative estimate of drug-likeness (QED) is 0.650. The summed E-state index contributed by atoms with van der Waals surface area (Å²) in [5, 5.41) is 20.0. The molecule has 1 aromatic heterocycles. The molecule has 12 heavy (non-hydrogen) atoms. The van der Waals surface area contributed by atoms with Gasteiger partial charge < -0.3 is 15.9 Å². The van der Waals surface area contributed by atoms with E-state index in [0.29, 0.717) is 0 Å². The van der Waals surface area contributed by atoms with Gasteiger partial charge in [0.2, 0.25) is 0 Å². The van der Waals surface area contributed by atoms with E-state index < -0.39 is 12.1 Å². The van der Waals surface area contributed by atoms with Gasteiger partial charge in [-0.15, -0.1) is 11.3 Å². The summed E-state index contributed by atoms with van der Waals surface area (Å²) in [7, 11) is 0. The summed E-state index contributed by atoms with van der Waals surface area (Å²) >= 11 is 1.45. The van der Waals surface area contributed by atoms with Gasteiger partial charge in [-0.1, -0.05) is 0 Å². The lowest BCUT2D eigenvalue weighted by atomic mass is 10.0. The molecule has 0 fully saturated rings. The predicted octanol–water partition coefficient (Wildman–Crippen LogP) is 0.621. The summed E-state index contributed by atoms with van der Waals surface area (Å²) < 4.78 is 0. The first-order valence-corrected chi connectivity index (χ1v) is 4.65. The van der Waals surface area contributed by atoms with Crippen molar-refractivity contribution < 1.29 is 10.2 Å². The van der Waals surface area contributed by atoms with Crippen LogP contribution >= 0.6 is 11.3 Å². The second kappa shape index (κ2) is 4.00. The smallest absolute Gasteiger partial charge is 0.0777 e. The second-order valence-corrected chi connectivity index (χ2v) is 3.72. The Morgan fingerprint density at radius 3 is 2.83 bits per heavy atom. The standard InChI is InChI=1S/C8H13NO2S/c1-5(11)8(9)6-2-3-12-7(6)4-10/h2-3,5,8,10-11H,4,9H2,1H3/t5-,8+/m1/s1. The van der Waals surface area contributed by atoms with Gasteiger partial charge in [0.05, 0.1) is 18.8 Å². The van der Waals surface area contributed by atoms with Crippen molar-refractivity contribution in [2.75, 3.05) is 0 Å². The highest BCUT2D eigenvalue weighted by atomic mass is 32.1. The Morgan fingerprint density at radius 1 is 1.67 bits per heavy atom. The lowest BCUT2D eigenvalue weighted by molar-refractivity contribution is 0.163. The highest BCUT2D eigenvalue weighted by Crippen LogP contribution is 2.23. The number of thiophene rings is 1. The minimum absolute atomic E-state index is 0.00653. The third-order valence-corrected chi connectivity index (χ3v) is 2.72. The van der Waals surface area contributed by atoms with E-state index in [1.807, 2.05) is 11.4 Å². The van der Waals surface area contributed by atoms with Gasteiger partial charge in [0.25, 0.3) is 0 Å². The molecule has 0 saturated heterocycles. The SMILES string of the molecule is C[C@@H](O)[C@H](N)c1ccsc1CO. The molecule has 1 heterocycles. The van der Waals surface area contributed by atoms with Gasteiger partial charge in [-0.2, -0.15) is 0 Å². The maximum atomic E-state index is 9.21. The predicted molar refractivity (Wildman–Crippen MR) is 48.9 cm³/mol. The molecule has 0 aliphatic carbocycles. The van der Waals surface area contributed by atoms with Crippen molar-refractivity contribution in [3.8, 4) is 0 Å². The van der Waals surface area contributed by atoms with Crippen molar-refractivity contribution in [1.29, 1.82) is 0 Å². The summed E-state index contributed by atoms with van der Waals surface area (Å²) in [4.78, 5) is 0.836. The van der Waals surface area contributed by atoms with Gasteiger partial charge in [0.15, 0.2) is 0 Å². The van der Waals surface area contributed by atoms with E-state index in [1.54, 1.807) is 6.92 Å². The van der Waals surface area contributed by atoms with E-state index in [2.05, 4.69) is 0 Å². The van der Waals surface area contributed by atoms with Crippen LogP contribution in [-0.2, 0) is 6.61 Å². The molecular formula is C8H13NO2S. The minimum Gasteiger partial charge on any atom is -0.391 e. The molecule has 0 unspecified atom stereocenters. The second-order valence-electron chi connectivity index (χ2n) is 2.72. The van der Waals surface area contributed by atoms with E-state index in [1.165, 1.54) is 11.3 Å². The molecule has 1 rings (SSSR count). The van der Waals surface area contributed by atoms with Crippen LogP contribution in [0, 0.1) is 0 Å². The Morgan fingerprint density at radius 2 is 2.33 bits per heavy atom. The molecule has 2 atom stereocenters. The summed E-state index contributed by atoms with van der Waals surface area (Å²) in [6.45, 7) is 1.64. The van der Waals surface area contributed by atoms with E-state index in [4.69, 9.17) is 10.8 Å². The summed E-state index contributed by atoms with van der Waals surface area (Å²) in [6, 6.07) is 1.45. The zero-order valence-electron chi connectivity index (χ0n) is 6.90. The van der Waals surface area contributed by atoms with Crippen LogP contribution in [0.2, 0.25) is 0 Å². The molecule has 4 heteroatoms. The van der Waals surface area contributed by atoms with Crippen LogP contribution in [0.3, 0.4) is 0 Å². The first-order valence-electron chi connectivity index (χ1n) is 3.77. The Balaban J connectivity index is 2.86. The highest BCUT2D eigenvalue weighted by molar-refractivity contribution is 7.10. The van der Waals surface area contributed by atoms with Crippen molar-refractivity contribution in [2.45, 2.75) is 25.7 Å². The third kappa shape index (κ3) is 1.84. The van der Waals surface area contributed by atoms with Gasteiger partial charge in [-0.3, -0.25) is 0 Å². The maximum Gasteiger partial charge on any atom is 0.0777 e. The van der Waals surface area contributed by atoms with Gasteiger partial charge >= 0.3 is 0 Å². The van der Waals surface area contributed by atoms with Crippen molar-refractivity contribution in [1.82, 2.24) is 0 Å². The number of hydrogen-bond donors (Lipinski definition) is 3. The molecule has 0 aliphatic heterocycles. The molecule has 3 nitrogen and oxygen atoms in total. The number of rotatable bonds is 3. The molecule has 0 radical (unpaired) electrons. The molecule has 1 aromatic rings. The fraction of sp³-hybridized carbons (Fsp3) is 0.500. The molecule has 0 spiro atoms. The summed E-state index contributed by atoms with van der Waals surface area (Å²) in [6.07, 6.45) is -0.579. The van der Waals surface area contributed by atoms with E-state index in [-0.39, 0.29) is 6.61 Å². The summed E-state index contributed by atoms with van der Waals surface area (Å²) in [5.74, 6) is 0. The first kappa shape index (κ1) is 9.67. The van der Waals surface area contributed by atoms with Crippen LogP contribution in [0.5, 0.6) is 0 Å². The Bertz CT molecular complexity index is 247. The molecule has 0 bridgehead atoms. The monoisotopic (exact) mass is 187 g/mol. The number of aliphatic hydroxyl groups excluding tert-OH is 2. The molecular weight excluding hydrogens is 174 g/mol. The average Bonchev–Trinajstić information content (AvgIpc) is 2.49. The van der Waals surface area contributed by atoms with E-state index in [0.717, 1.165) is 10.4 Å². The van der Waals surface area contributed by atoms with Crippen molar-refractivity contribution in [3.63, 3.8) is 0 Å². The zero-order valence-corrected chi connectivity index (χ0v) is 7.71. The van der Waals surface area contributed by atoms with Crippen LogP contribution in [0.4, 0.5) is 0 Å². The van der Waals surface area contributed by atoms with Gasteiger partial charge in [0.1, 0.15) is 0 Å². The number of aliphatic hydroxyl groups is 2. The zero-order chi connectivity index (χ0) is 9.14. The third-order valence-electron chi connectivity index (χ3n) is 1.80. The lowest BCUT2D eigenvalue weighted by Crippen LogP contribution is -2.23. The topological polar surface area (TPSA) is 66.5 Å². The van der Waals surface area contributed by atoms with Crippen molar-refractivity contribution in [2.24, 2.45) is 5.73 Å². The largest absolute Gasteiger partial charge is 0.391 e. The van der Waals surface area contributed by atoms with Crippen LogP contribution in [0.1, 0.15) is 23.4 Å². The van der Waals surface area contributed by atoms with Crippen LogP contribution in [-0.4, -0.2) is 16.3 Å². The Labute approximate surface area is 75.5 Å². The Hall–Kier alpha value is -0.420. The normalized spacial score (nSPS) is 16.0. The Kier molecular flexibility index (Phi) is 3.22. The fourth-order valence-corrected chi connectivity index (χ4v) is 1.83. The number of nitrogens with two attached hydrogens (primary N) is 1. The van der Waals surface area contributed by atoms with Gasteiger partial charge in [-0.25, -0.2) is 0 Å². The molecule has 0 saturated carbocycles. The van der Waals surface area contributed by atoms with E-state index >= 15 is 0 Å². The average molecular weight is 187 g/mol. The van der Waals surface area contributed by atoms with Crippen LogP contribution < -0.4 is 5.73 Å². The molecule has 0 amide bonds. The van der Waals surface area contributed by atoms with Gasteiger partial charge in [-0.05, 0) is 23.9 Å². The highest BCUT2D eigenvalue weighted by Gasteiger charge is 2.15. The van der Waals surface area contributed by atoms with Crippen LogP contribution in [0.15, 0.2) is 11.4 Å². The molecule has 0 aliphatic rings. The molecule has 4 N–H and O–H groups in total. The first-order chi connectivity index (χ1) is 5.66. The minimum atomic E-state index is -0.579. The number of hydrogen-bond acceptors (Lipinski definition) is 4. The molecule has 68 valence electrons. The molecule has 0 aromatic carbocycles. The maximum absolute atomic E-state index is 9.21. The fourth-order valence-electron chi connectivity index (χ4n) is 1.04.